The first-order valence-corrected chi connectivity index (χ1v) is 10.8. The first-order valence-electron chi connectivity index (χ1n) is 10.8. The lowest BCUT2D eigenvalue weighted by molar-refractivity contribution is -0.143. The molecule has 0 aromatic heterocycles. The third-order valence-electron chi connectivity index (χ3n) is 5.80. The number of amides is 3. The van der Waals surface area contributed by atoms with Crippen molar-refractivity contribution < 1.29 is 23.2 Å². The van der Waals surface area contributed by atoms with E-state index in [1.54, 1.807) is 52.1 Å². The van der Waals surface area contributed by atoms with E-state index < -0.39 is 47.3 Å². The van der Waals surface area contributed by atoms with Crippen LogP contribution < -0.4 is 16.0 Å². The summed E-state index contributed by atoms with van der Waals surface area (Å²) in [6, 6.07) is 7.78. The molecule has 33 heavy (non-hydrogen) atoms. The Kier molecular flexibility index (Phi) is 7.43. The number of anilines is 1. The molecule has 2 aromatic carbocycles. The number of likely N-dealkylation sites (N-methyl/N-ethyl adjacent to an activating group) is 1. The van der Waals surface area contributed by atoms with E-state index >= 15 is 0 Å². The molecule has 3 amide bonds. The zero-order valence-electron chi connectivity index (χ0n) is 19.0. The van der Waals surface area contributed by atoms with Crippen LogP contribution in [0.2, 0.25) is 0 Å². The van der Waals surface area contributed by atoms with Gasteiger partial charge in [0, 0.05) is 6.54 Å². The van der Waals surface area contributed by atoms with Crippen molar-refractivity contribution in [2.24, 2.45) is 5.92 Å². The maximum atomic E-state index is 14.1. The molecule has 1 heterocycles. The van der Waals surface area contributed by atoms with Crippen LogP contribution in [-0.4, -0.2) is 41.8 Å². The first kappa shape index (κ1) is 24.3. The quantitative estimate of drug-likeness (QED) is 0.595. The van der Waals surface area contributed by atoms with Crippen molar-refractivity contribution in [3.63, 3.8) is 0 Å². The second kappa shape index (κ2) is 10.1. The van der Waals surface area contributed by atoms with Crippen LogP contribution >= 0.6 is 0 Å². The van der Waals surface area contributed by atoms with Gasteiger partial charge in [0.2, 0.25) is 11.8 Å². The fourth-order valence-corrected chi connectivity index (χ4v) is 3.79. The van der Waals surface area contributed by atoms with E-state index in [1.807, 2.05) is 0 Å². The highest BCUT2D eigenvalue weighted by molar-refractivity contribution is 6.00. The fraction of sp³-hybridized carbons (Fsp3) is 0.375. The van der Waals surface area contributed by atoms with Crippen molar-refractivity contribution in [1.29, 1.82) is 0 Å². The van der Waals surface area contributed by atoms with Crippen LogP contribution in [0.4, 0.5) is 14.5 Å². The second-order valence-electron chi connectivity index (χ2n) is 8.39. The van der Waals surface area contributed by atoms with Gasteiger partial charge in [0.1, 0.15) is 29.4 Å². The molecule has 3 N–H and O–H groups in total. The van der Waals surface area contributed by atoms with Crippen molar-refractivity contribution in [3.05, 3.63) is 65.2 Å². The number of carbonyl (C=O) groups excluding carboxylic acids is 3. The maximum absolute atomic E-state index is 14.1. The van der Waals surface area contributed by atoms with Crippen molar-refractivity contribution >= 4 is 23.4 Å². The minimum atomic E-state index is -1.10. The Balaban J connectivity index is 1.93. The van der Waals surface area contributed by atoms with Gasteiger partial charge in [-0.25, -0.2) is 8.78 Å². The third-order valence-corrected chi connectivity index (χ3v) is 5.80. The molecule has 3 atom stereocenters. The van der Waals surface area contributed by atoms with Crippen LogP contribution in [-0.2, 0) is 20.9 Å². The van der Waals surface area contributed by atoms with Gasteiger partial charge in [-0.2, -0.15) is 0 Å². The molecule has 9 heteroatoms. The summed E-state index contributed by atoms with van der Waals surface area (Å²) in [6.45, 7) is 5.38. The highest BCUT2D eigenvalue weighted by atomic mass is 19.1. The Morgan fingerprint density at radius 3 is 2.24 bits per heavy atom. The number of hydrogen-bond donors (Lipinski definition) is 3. The van der Waals surface area contributed by atoms with E-state index in [2.05, 4.69) is 16.0 Å². The molecule has 0 radical (unpaired) electrons. The Morgan fingerprint density at radius 1 is 1.00 bits per heavy atom. The van der Waals surface area contributed by atoms with Gasteiger partial charge in [-0.15, -0.1) is 0 Å². The van der Waals surface area contributed by atoms with Crippen LogP contribution in [0.1, 0.15) is 37.9 Å². The molecule has 0 saturated heterocycles. The fourth-order valence-electron chi connectivity index (χ4n) is 3.79. The highest BCUT2D eigenvalue weighted by Crippen LogP contribution is 2.36. The SMILES string of the molecule is CNC(C)C(=O)NC(C(=O)N1Cc2ccccc2[C@H]1C(=O)Nc1c(F)cccc1F)C(C)C. The van der Waals surface area contributed by atoms with Crippen molar-refractivity contribution in [2.75, 3.05) is 12.4 Å². The smallest absolute Gasteiger partial charge is 0.252 e. The van der Waals surface area contributed by atoms with Gasteiger partial charge in [0.15, 0.2) is 0 Å². The summed E-state index contributed by atoms with van der Waals surface area (Å²) in [4.78, 5) is 40.6. The first-order chi connectivity index (χ1) is 15.6. The zero-order valence-corrected chi connectivity index (χ0v) is 19.0. The van der Waals surface area contributed by atoms with Crippen LogP contribution in [0, 0.1) is 17.6 Å². The molecule has 3 rings (SSSR count). The van der Waals surface area contributed by atoms with Crippen molar-refractivity contribution in [2.45, 2.75) is 45.4 Å². The van der Waals surface area contributed by atoms with Crippen molar-refractivity contribution in [1.82, 2.24) is 15.5 Å². The van der Waals surface area contributed by atoms with Crippen LogP contribution in [0.3, 0.4) is 0 Å². The minimum Gasteiger partial charge on any atom is -0.343 e. The largest absolute Gasteiger partial charge is 0.343 e. The number of benzene rings is 2. The number of hydrogen-bond acceptors (Lipinski definition) is 4. The van der Waals surface area contributed by atoms with Gasteiger partial charge in [-0.05, 0) is 43.1 Å². The predicted octanol–water partition coefficient (Wildman–Crippen LogP) is 2.74. The molecule has 2 unspecified atom stereocenters. The molecule has 0 bridgehead atoms. The molecule has 0 aliphatic carbocycles. The Morgan fingerprint density at radius 2 is 1.64 bits per heavy atom. The summed E-state index contributed by atoms with van der Waals surface area (Å²) in [5.41, 5.74) is 0.741. The molecule has 1 aliphatic heterocycles. The number of para-hydroxylation sites is 1. The Labute approximate surface area is 191 Å². The summed E-state index contributed by atoms with van der Waals surface area (Å²) in [7, 11) is 1.63. The molecule has 0 spiro atoms. The molecule has 1 aliphatic rings. The molecule has 176 valence electrons. The summed E-state index contributed by atoms with van der Waals surface area (Å²) in [6.07, 6.45) is 0. The van der Waals surface area contributed by atoms with E-state index in [9.17, 15) is 23.2 Å². The summed E-state index contributed by atoms with van der Waals surface area (Å²) in [5, 5.41) is 7.88. The molecular formula is C24H28F2N4O3. The third kappa shape index (κ3) is 5.03. The van der Waals surface area contributed by atoms with Gasteiger partial charge < -0.3 is 20.9 Å². The number of nitrogens with zero attached hydrogens (tertiary/aromatic N) is 1. The average molecular weight is 459 g/mol. The van der Waals surface area contributed by atoms with Crippen LogP contribution in [0.25, 0.3) is 0 Å². The lowest BCUT2D eigenvalue weighted by atomic mass is 10.0. The van der Waals surface area contributed by atoms with Crippen LogP contribution in [0.15, 0.2) is 42.5 Å². The summed E-state index contributed by atoms with van der Waals surface area (Å²) in [5.74, 6) is -3.64. The van der Waals surface area contributed by atoms with E-state index in [0.29, 0.717) is 5.56 Å². The predicted molar refractivity (Wildman–Crippen MR) is 120 cm³/mol. The van der Waals surface area contributed by atoms with Gasteiger partial charge in [-0.1, -0.05) is 44.2 Å². The Bertz CT molecular complexity index is 1040. The normalized spacial score (nSPS) is 16.8. The van der Waals surface area contributed by atoms with E-state index in [-0.39, 0.29) is 18.4 Å². The molecule has 0 saturated carbocycles. The van der Waals surface area contributed by atoms with E-state index in [4.69, 9.17) is 0 Å². The van der Waals surface area contributed by atoms with Gasteiger partial charge in [-0.3, -0.25) is 14.4 Å². The molecule has 7 nitrogen and oxygen atoms in total. The van der Waals surface area contributed by atoms with Gasteiger partial charge >= 0.3 is 0 Å². The topological polar surface area (TPSA) is 90.5 Å². The monoisotopic (exact) mass is 458 g/mol. The summed E-state index contributed by atoms with van der Waals surface area (Å²) >= 11 is 0. The van der Waals surface area contributed by atoms with E-state index in [0.717, 1.165) is 17.7 Å². The maximum Gasteiger partial charge on any atom is 0.252 e. The molecular weight excluding hydrogens is 430 g/mol. The lowest BCUT2D eigenvalue weighted by Crippen LogP contribution is -2.55. The zero-order chi connectivity index (χ0) is 24.3. The summed E-state index contributed by atoms with van der Waals surface area (Å²) < 4.78 is 28.3. The van der Waals surface area contributed by atoms with Gasteiger partial charge in [0.25, 0.3) is 5.91 Å². The molecule has 0 fully saturated rings. The number of rotatable bonds is 7. The standard InChI is InChI=1S/C24H28F2N4O3/c1-13(2)19(28-22(31)14(3)27-4)24(33)30-12-15-8-5-6-9-16(15)21(30)23(32)29-20-17(25)10-7-11-18(20)26/h5-11,13-14,19,21,27H,12H2,1-4H3,(H,28,31)(H,29,32)/t14?,19?,21-/m0/s1. The average Bonchev–Trinajstić information content (AvgIpc) is 3.18. The second-order valence-corrected chi connectivity index (χ2v) is 8.39. The number of fused-ring (bicyclic) bond motifs is 1. The number of carbonyl (C=O) groups is 3. The molecule has 2 aromatic rings. The Hall–Kier alpha value is -3.33. The van der Waals surface area contributed by atoms with Crippen LogP contribution in [0.5, 0.6) is 0 Å². The highest BCUT2D eigenvalue weighted by Gasteiger charge is 2.42. The minimum absolute atomic E-state index is 0.132. The van der Waals surface area contributed by atoms with Gasteiger partial charge in [0.05, 0.1) is 6.04 Å². The number of halogens is 2. The number of nitrogens with one attached hydrogen (secondary N) is 3. The lowest BCUT2D eigenvalue weighted by Gasteiger charge is -2.31. The van der Waals surface area contributed by atoms with Crippen molar-refractivity contribution in [3.8, 4) is 0 Å². The van der Waals surface area contributed by atoms with E-state index in [1.165, 1.54) is 11.0 Å².